The first-order chi connectivity index (χ1) is 15.4. The van der Waals surface area contributed by atoms with Crippen LogP contribution < -0.4 is 14.8 Å². The molecular weight excluding hydrogens is 471 g/mol. The van der Waals surface area contributed by atoms with Crippen LogP contribution in [0.3, 0.4) is 0 Å². The number of hydrogen-bond acceptors (Lipinski definition) is 4. The summed E-state index contributed by atoms with van der Waals surface area (Å²) in [6, 6.07) is 11.1. The van der Waals surface area contributed by atoms with Gasteiger partial charge >= 0.3 is 6.18 Å². The number of sulfonamides is 1. The molecule has 3 rings (SSSR count). The number of carbonyl (C=O) groups excluding carboxylic acids is 1. The van der Waals surface area contributed by atoms with Crippen molar-refractivity contribution < 1.29 is 39.9 Å². The first kappa shape index (κ1) is 24.0. The van der Waals surface area contributed by atoms with Gasteiger partial charge in [-0.25, -0.2) is 17.2 Å². The van der Waals surface area contributed by atoms with Gasteiger partial charge in [0.2, 0.25) is 0 Å². The molecule has 0 radical (unpaired) electrons. The van der Waals surface area contributed by atoms with Gasteiger partial charge in [0.15, 0.2) is 18.2 Å². The van der Waals surface area contributed by atoms with Crippen LogP contribution in [0.25, 0.3) is 0 Å². The molecule has 12 heteroatoms. The first-order valence-electron chi connectivity index (χ1n) is 9.12. The Morgan fingerprint density at radius 3 is 2.30 bits per heavy atom. The number of nitrogens with one attached hydrogen (secondary N) is 2. The van der Waals surface area contributed by atoms with Crippen molar-refractivity contribution in [2.45, 2.75) is 11.1 Å². The van der Waals surface area contributed by atoms with E-state index in [-0.39, 0.29) is 22.0 Å². The van der Waals surface area contributed by atoms with E-state index in [1.165, 1.54) is 18.2 Å². The van der Waals surface area contributed by atoms with Crippen molar-refractivity contribution in [3.63, 3.8) is 0 Å². The number of amides is 1. The van der Waals surface area contributed by atoms with Crippen LogP contribution in [0.5, 0.6) is 5.75 Å². The number of halogens is 5. The van der Waals surface area contributed by atoms with Crippen molar-refractivity contribution in [2.75, 3.05) is 16.6 Å². The predicted octanol–water partition coefficient (Wildman–Crippen LogP) is 4.80. The second-order valence-corrected chi connectivity index (χ2v) is 8.31. The third-order valence-corrected chi connectivity index (χ3v) is 5.50. The number of rotatable bonds is 7. The van der Waals surface area contributed by atoms with E-state index in [2.05, 4.69) is 5.32 Å². The first-order valence-corrected chi connectivity index (χ1v) is 10.6. The minimum atomic E-state index is -4.65. The van der Waals surface area contributed by atoms with Gasteiger partial charge in [-0.1, -0.05) is 12.1 Å². The summed E-state index contributed by atoms with van der Waals surface area (Å²) < 4.78 is 97.1. The maximum absolute atomic E-state index is 13.5. The minimum Gasteiger partial charge on any atom is -0.481 e. The molecule has 174 valence electrons. The summed E-state index contributed by atoms with van der Waals surface area (Å²) in [7, 11) is -4.28. The Morgan fingerprint density at radius 1 is 0.909 bits per heavy atom. The van der Waals surface area contributed by atoms with Crippen LogP contribution in [0.15, 0.2) is 71.6 Å². The van der Waals surface area contributed by atoms with E-state index in [1.54, 1.807) is 0 Å². The monoisotopic (exact) mass is 486 g/mol. The molecule has 0 aliphatic carbocycles. The van der Waals surface area contributed by atoms with Gasteiger partial charge in [0.1, 0.15) is 5.82 Å². The number of alkyl halides is 3. The zero-order valence-corrected chi connectivity index (χ0v) is 17.3. The summed E-state index contributed by atoms with van der Waals surface area (Å²) in [5, 5.41) is 2.35. The average molecular weight is 486 g/mol. The molecule has 0 unspecified atom stereocenters. The largest absolute Gasteiger partial charge is 0.481 e. The Morgan fingerprint density at radius 2 is 1.61 bits per heavy atom. The molecule has 0 aliphatic rings. The highest BCUT2D eigenvalue weighted by Crippen LogP contribution is 2.31. The van der Waals surface area contributed by atoms with Crippen LogP contribution in [-0.4, -0.2) is 20.9 Å². The third-order valence-electron chi connectivity index (χ3n) is 4.12. The van der Waals surface area contributed by atoms with Gasteiger partial charge < -0.3 is 10.1 Å². The van der Waals surface area contributed by atoms with E-state index in [4.69, 9.17) is 4.74 Å². The second kappa shape index (κ2) is 9.45. The van der Waals surface area contributed by atoms with Crippen LogP contribution >= 0.6 is 0 Å². The summed E-state index contributed by atoms with van der Waals surface area (Å²) in [6.45, 7) is -0.651. The lowest BCUT2D eigenvalue weighted by Gasteiger charge is -2.12. The standard InChI is InChI=1S/C21H15F5N2O4S/c22-14-7-8-19(18(23)10-14)32-12-20(29)27-15-4-2-6-17(11-15)33(30,31)28-16-5-1-3-13(9-16)21(24,25)26/h1-11,28H,12H2,(H,27,29). The number of carbonyl (C=O) groups is 1. The van der Waals surface area contributed by atoms with Gasteiger partial charge in [0.25, 0.3) is 15.9 Å². The molecule has 0 atom stereocenters. The number of ether oxygens (including phenoxy) is 1. The minimum absolute atomic E-state index is 0.0371. The van der Waals surface area contributed by atoms with Crippen LogP contribution in [0.2, 0.25) is 0 Å². The normalized spacial score (nSPS) is 11.7. The van der Waals surface area contributed by atoms with Crippen molar-refractivity contribution in [2.24, 2.45) is 0 Å². The zero-order valence-electron chi connectivity index (χ0n) is 16.5. The summed E-state index contributed by atoms with van der Waals surface area (Å²) in [4.78, 5) is 11.7. The van der Waals surface area contributed by atoms with Crippen LogP contribution in [0.4, 0.5) is 33.3 Å². The predicted molar refractivity (Wildman–Crippen MR) is 109 cm³/mol. The van der Waals surface area contributed by atoms with Gasteiger partial charge in [-0.3, -0.25) is 9.52 Å². The van der Waals surface area contributed by atoms with E-state index in [0.717, 1.165) is 36.4 Å². The molecule has 0 saturated heterocycles. The zero-order chi connectivity index (χ0) is 24.2. The van der Waals surface area contributed by atoms with Crippen molar-refractivity contribution in [3.8, 4) is 5.75 Å². The molecule has 3 aromatic rings. The Bertz CT molecular complexity index is 1280. The van der Waals surface area contributed by atoms with Crippen molar-refractivity contribution in [3.05, 3.63) is 83.9 Å². The fourth-order valence-electron chi connectivity index (χ4n) is 2.65. The number of anilines is 2. The molecule has 2 N–H and O–H groups in total. The van der Waals surface area contributed by atoms with Crippen LogP contribution in [-0.2, 0) is 21.0 Å². The SMILES string of the molecule is O=C(COc1ccc(F)cc1F)Nc1cccc(S(=O)(=O)Nc2cccc(C(F)(F)F)c2)c1. The fraction of sp³-hybridized carbons (Fsp3) is 0.0952. The van der Waals surface area contributed by atoms with Crippen LogP contribution in [0.1, 0.15) is 5.56 Å². The van der Waals surface area contributed by atoms with E-state index in [1.807, 2.05) is 4.72 Å². The average Bonchev–Trinajstić information content (AvgIpc) is 2.72. The van der Waals surface area contributed by atoms with Crippen LogP contribution in [0, 0.1) is 11.6 Å². The van der Waals surface area contributed by atoms with E-state index < -0.39 is 45.9 Å². The molecule has 0 aliphatic heterocycles. The number of hydrogen-bond donors (Lipinski definition) is 2. The number of benzene rings is 3. The maximum atomic E-state index is 13.5. The quantitative estimate of drug-likeness (QED) is 0.470. The van der Waals surface area contributed by atoms with Crippen molar-refractivity contribution >= 4 is 27.3 Å². The van der Waals surface area contributed by atoms with E-state index in [0.29, 0.717) is 12.1 Å². The second-order valence-electron chi connectivity index (χ2n) is 6.62. The molecule has 3 aromatic carbocycles. The van der Waals surface area contributed by atoms with E-state index >= 15 is 0 Å². The topological polar surface area (TPSA) is 84.5 Å². The van der Waals surface area contributed by atoms with Gasteiger partial charge in [-0.15, -0.1) is 0 Å². The molecule has 1 amide bonds. The van der Waals surface area contributed by atoms with Gasteiger partial charge in [-0.05, 0) is 48.5 Å². The molecular formula is C21H15F5N2O4S. The maximum Gasteiger partial charge on any atom is 0.416 e. The Balaban J connectivity index is 1.68. The van der Waals surface area contributed by atoms with Gasteiger partial charge in [-0.2, -0.15) is 13.2 Å². The summed E-state index contributed by atoms with van der Waals surface area (Å²) in [5.74, 6) is -2.94. The molecule has 0 heterocycles. The molecule has 0 fully saturated rings. The highest BCUT2D eigenvalue weighted by Gasteiger charge is 2.30. The highest BCUT2D eigenvalue weighted by molar-refractivity contribution is 7.92. The molecule has 33 heavy (non-hydrogen) atoms. The molecule has 0 spiro atoms. The molecule has 0 bridgehead atoms. The lowest BCUT2D eigenvalue weighted by atomic mass is 10.2. The van der Waals surface area contributed by atoms with E-state index in [9.17, 15) is 35.2 Å². The fourth-order valence-corrected chi connectivity index (χ4v) is 3.74. The van der Waals surface area contributed by atoms with Crippen molar-refractivity contribution in [1.82, 2.24) is 0 Å². The molecule has 0 aromatic heterocycles. The molecule has 0 saturated carbocycles. The summed E-state index contributed by atoms with van der Waals surface area (Å²) in [5.41, 5.74) is -1.29. The summed E-state index contributed by atoms with van der Waals surface area (Å²) in [6.07, 6.45) is -4.65. The Hall–Kier alpha value is -3.67. The Kier molecular flexibility index (Phi) is 6.86. The van der Waals surface area contributed by atoms with Gasteiger partial charge in [0.05, 0.1) is 10.5 Å². The Labute approximate surface area is 185 Å². The van der Waals surface area contributed by atoms with Gasteiger partial charge in [0, 0.05) is 17.4 Å². The smallest absolute Gasteiger partial charge is 0.416 e. The third kappa shape index (κ3) is 6.42. The van der Waals surface area contributed by atoms with Crippen molar-refractivity contribution in [1.29, 1.82) is 0 Å². The summed E-state index contributed by atoms with van der Waals surface area (Å²) >= 11 is 0. The molecule has 6 nitrogen and oxygen atoms in total. The lowest BCUT2D eigenvalue weighted by molar-refractivity contribution is -0.137. The lowest BCUT2D eigenvalue weighted by Crippen LogP contribution is -2.21. The highest BCUT2D eigenvalue weighted by atomic mass is 32.2.